The Labute approximate surface area is 194 Å². The molecule has 174 valence electrons. The monoisotopic (exact) mass is 465 g/mol. The third-order valence-electron chi connectivity index (χ3n) is 5.31. The molecule has 0 unspecified atom stereocenters. The fraction of sp³-hybridized carbons (Fsp3) is 0.167. The maximum atomic E-state index is 13.4. The summed E-state index contributed by atoms with van der Waals surface area (Å²) in [5.41, 5.74) is 1.49. The Morgan fingerprint density at radius 2 is 1.44 bits per heavy atom. The molecule has 0 bridgehead atoms. The second-order valence-corrected chi connectivity index (χ2v) is 7.62. The van der Waals surface area contributed by atoms with Crippen LogP contribution in [0, 0.1) is 11.8 Å². The summed E-state index contributed by atoms with van der Waals surface area (Å²) in [6, 6.07) is 14.0. The molecule has 2 aromatic carbocycles. The Hall–Kier alpha value is -4.34. The normalized spacial score (nSPS) is 13.4. The second kappa shape index (κ2) is 10.1. The lowest BCUT2D eigenvalue weighted by molar-refractivity contribution is 0.0671. The number of carbonyl (C=O) groups excluding carboxylic acids is 3. The number of amides is 4. The first-order valence-electron chi connectivity index (χ1n) is 10.5. The second-order valence-electron chi connectivity index (χ2n) is 7.62. The van der Waals surface area contributed by atoms with E-state index in [1.807, 2.05) is 0 Å². The lowest BCUT2D eigenvalue weighted by Crippen LogP contribution is -2.51. The lowest BCUT2D eigenvalue weighted by atomic mass is 10.1. The number of nitrogens with one attached hydrogen (secondary N) is 2. The molecular weight excluding hydrogens is 444 g/mol. The van der Waals surface area contributed by atoms with Crippen molar-refractivity contribution in [2.75, 3.05) is 36.8 Å². The molecule has 0 atom stereocenters. The highest BCUT2D eigenvalue weighted by Crippen LogP contribution is 2.15. The van der Waals surface area contributed by atoms with Gasteiger partial charge in [-0.3, -0.25) is 9.59 Å². The summed E-state index contributed by atoms with van der Waals surface area (Å²) in [6.07, 6.45) is 1.22. The zero-order valence-corrected chi connectivity index (χ0v) is 18.0. The van der Waals surface area contributed by atoms with Crippen LogP contribution in [-0.4, -0.2) is 58.8 Å². The summed E-state index contributed by atoms with van der Waals surface area (Å²) in [7, 11) is 0. The summed E-state index contributed by atoms with van der Waals surface area (Å²) in [5, 5.41) is 5.38. The van der Waals surface area contributed by atoms with Gasteiger partial charge in [-0.2, -0.15) is 4.39 Å². The number of nitrogens with zero attached hydrogens (tertiary/aromatic N) is 3. The van der Waals surface area contributed by atoms with E-state index < -0.39 is 17.7 Å². The molecule has 1 saturated heterocycles. The smallest absolute Gasteiger partial charge is 0.321 e. The highest BCUT2D eigenvalue weighted by molar-refractivity contribution is 6.04. The van der Waals surface area contributed by atoms with Gasteiger partial charge < -0.3 is 20.4 Å². The molecule has 2 N–H and O–H groups in total. The zero-order chi connectivity index (χ0) is 24.1. The van der Waals surface area contributed by atoms with E-state index in [9.17, 15) is 23.2 Å². The van der Waals surface area contributed by atoms with Crippen molar-refractivity contribution in [2.24, 2.45) is 0 Å². The number of anilines is 2. The molecule has 3 aromatic rings. The van der Waals surface area contributed by atoms with Crippen LogP contribution in [0.15, 0.2) is 66.9 Å². The molecule has 8 nitrogen and oxygen atoms in total. The van der Waals surface area contributed by atoms with Crippen molar-refractivity contribution in [3.8, 4) is 0 Å². The summed E-state index contributed by atoms with van der Waals surface area (Å²) < 4.78 is 26.3. The molecule has 10 heteroatoms. The molecule has 1 aliphatic rings. The number of benzene rings is 2. The van der Waals surface area contributed by atoms with Gasteiger partial charge in [-0.1, -0.05) is 6.07 Å². The first kappa shape index (κ1) is 22.8. The van der Waals surface area contributed by atoms with Crippen LogP contribution in [0.4, 0.5) is 25.0 Å². The van der Waals surface area contributed by atoms with Gasteiger partial charge in [0.15, 0.2) is 0 Å². The minimum atomic E-state index is -0.641. The number of pyridine rings is 1. The zero-order valence-electron chi connectivity index (χ0n) is 18.0. The predicted molar refractivity (Wildman–Crippen MR) is 121 cm³/mol. The van der Waals surface area contributed by atoms with Crippen molar-refractivity contribution in [3.63, 3.8) is 0 Å². The van der Waals surface area contributed by atoms with Crippen LogP contribution in [0.2, 0.25) is 0 Å². The van der Waals surface area contributed by atoms with Crippen molar-refractivity contribution in [1.29, 1.82) is 0 Å². The largest absolute Gasteiger partial charge is 0.335 e. The Kier molecular flexibility index (Phi) is 6.77. The average Bonchev–Trinajstić information content (AvgIpc) is 2.85. The third kappa shape index (κ3) is 5.52. The fourth-order valence-electron chi connectivity index (χ4n) is 3.48. The van der Waals surface area contributed by atoms with Gasteiger partial charge in [-0.25, -0.2) is 14.2 Å². The molecule has 0 radical (unpaired) electrons. The first-order valence-corrected chi connectivity index (χ1v) is 10.5. The molecule has 1 aliphatic heterocycles. The summed E-state index contributed by atoms with van der Waals surface area (Å²) >= 11 is 0. The van der Waals surface area contributed by atoms with Gasteiger partial charge in [0.25, 0.3) is 11.8 Å². The fourth-order valence-corrected chi connectivity index (χ4v) is 3.48. The van der Waals surface area contributed by atoms with Crippen LogP contribution < -0.4 is 10.6 Å². The summed E-state index contributed by atoms with van der Waals surface area (Å²) in [5.74, 6) is -1.78. The topological polar surface area (TPSA) is 94.6 Å². The number of carbonyl (C=O) groups is 3. The average molecular weight is 465 g/mol. The van der Waals surface area contributed by atoms with Gasteiger partial charge in [-0.15, -0.1) is 0 Å². The van der Waals surface area contributed by atoms with Gasteiger partial charge in [0, 0.05) is 43.0 Å². The highest BCUT2D eigenvalue weighted by Gasteiger charge is 2.25. The van der Waals surface area contributed by atoms with Crippen molar-refractivity contribution < 1.29 is 23.2 Å². The quantitative estimate of drug-likeness (QED) is 0.576. The molecular formula is C24H21F2N5O3. The molecule has 1 aromatic heterocycles. The highest BCUT2D eigenvalue weighted by atomic mass is 19.1. The van der Waals surface area contributed by atoms with Crippen molar-refractivity contribution in [2.45, 2.75) is 0 Å². The molecule has 4 amide bonds. The van der Waals surface area contributed by atoms with E-state index in [1.165, 1.54) is 30.5 Å². The van der Waals surface area contributed by atoms with Gasteiger partial charge in [-0.05, 0) is 54.6 Å². The number of halogens is 2. The SMILES string of the molecule is O=C(Nc1ccc(F)nc1)c1ccc(NC(=O)N2CCN(C(=O)c3cccc(F)c3)CC2)cc1. The van der Waals surface area contributed by atoms with E-state index in [-0.39, 0.29) is 17.5 Å². The predicted octanol–water partition coefficient (Wildman–Crippen LogP) is 3.60. The molecule has 0 aliphatic carbocycles. The number of aromatic nitrogens is 1. The Bertz CT molecular complexity index is 1190. The van der Waals surface area contributed by atoms with E-state index in [1.54, 1.807) is 40.1 Å². The third-order valence-corrected chi connectivity index (χ3v) is 5.31. The first-order chi connectivity index (χ1) is 16.4. The Balaban J connectivity index is 1.28. The van der Waals surface area contributed by atoms with Crippen molar-refractivity contribution in [1.82, 2.24) is 14.8 Å². The maximum absolute atomic E-state index is 13.4. The molecule has 34 heavy (non-hydrogen) atoms. The van der Waals surface area contributed by atoms with Crippen molar-refractivity contribution in [3.05, 3.63) is 89.8 Å². The number of hydrogen-bond donors (Lipinski definition) is 2. The number of urea groups is 1. The van der Waals surface area contributed by atoms with Gasteiger partial charge >= 0.3 is 6.03 Å². The molecule has 2 heterocycles. The van der Waals surface area contributed by atoms with Gasteiger partial charge in [0.2, 0.25) is 5.95 Å². The summed E-state index contributed by atoms with van der Waals surface area (Å²) in [4.78, 5) is 44.1. The van der Waals surface area contributed by atoms with Crippen LogP contribution >= 0.6 is 0 Å². The Morgan fingerprint density at radius 3 is 2.09 bits per heavy atom. The standard InChI is InChI=1S/C24H21F2N5O3/c25-18-3-1-2-17(14-18)23(33)30-10-12-31(13-11-30)24(34)29-19-6-4-16(5-7-19)22(32)28-20-8-9-21(26)27-15-20/h1-9,14-15H,10-13H2,(H,28,32)(H,29,34). The molecule has 1 fully saturated rings. The molecule has 4 rings (SSSR count). The number of piperazine rings is 1. The van der Waals surface area contributed by atoms with Crippen molar-refractivity contribution >= 4 is 29.2 Å². The Morgan fingerprint density at radius 1 is 0.765 bits per heavy atom. The minimum Gasteiger partial charge on any atom is -0.335 e. The minimum absolute atomic E-state index is 0.273. The van der Waals surface area contributed by atoms with Crippen LogP contribution in [-0.2, 0) is 0 Å². The van der Waals surface area contributed by atoms with E-state index in [4.69, 9.17) is 0 Å². The van der Waals surface area contributed by atoms with Crippen LogP contribution in [0.5, 0.6) is 0 Å². The van der Waals surface area contributed by atoms with Gasteiger partial charge in [0.1, 0.15) is 5.82 Å². The van der Waals surface area contributed by atoms with Gasteiger partial charge in [0.05, 0.1) is 11.9 Å². The van der Waals surface area contributed by atoms with Crippen LogP contribution in [0.25, 0.3) is 0 Å². The number of rotatable bonds is 4. The number of hydrogen-bond acceptors (Lipinski definition) is 4. The molecule has 0 spiro atoms. The molecule has 0 saturated carbocycles. The van der Waals surface area contributed by atoms with E-state index in [2.05, 4.69) is 15.6 Å². The lowest BCUT2D eigenvalue weighted by Gasteiger charge is -2.34. The van der Waals surface area contributed by atoms with E-state index in [0.717, 1.165) is 6.07 Å². The van der Waals surface area contributed by atoms with E-state index in [0.29, 0.717) is 43.1 Å². The summed E-state index contributed by atoms with van der Waals surface area (Å²) in [6.45, 7) is 1.33. The van der Waals surface area contributed by atoms with Crippen LogP contribution in [0.3, 0.4) is 0 Å². The van der Waals surface area contributed by atoms with Crippen LogP contribution in [0.1, 0.15) is 20.7 Å². The van der Waals surface area contributed by atoms with E-state index >= 15 is 0 Å². The maximum Gasteiger partial charge on any atom is 0.321 e.